The van der Waals surface area contributed by atoms with Crippen LogP contribution < -0.4 is 5.32 Å². The van der Waals surface area contributed by atoms with E-state index in [-0.39, 0.29) is 5.69 Å². The number of nitrogens with one attached hydrogen (secondary N) is 1. The highest BCUT2D eigenvalue weighted by atomic mass is 35.5. The first-order chi connectivity index (χ1) is 13.8. The minimum atomic E-state index is -4.81. The fourth-order valence-electron chi connectivity index (χ4n) is 2.96. The van der Waals surface area contributed by atoms with E-state index in [9.17, 15) is 18.0 Å². The van der Waals surface area contributed by atoms with Crippen LogP contribution in [0, 0.1) is 0 Å². The Kier molecular flexibility index (Phi) is 4.71. The van der Waals surface area contributed by atoms with Gasteiger partial charge in [-0.15, -0.1) is 0 Å². The minimum absolute atomic E-state index is 0.132. The van der Waals surface area contributed by atoms with E-state index in [2.05, 4.69) is 15.4 Å². The van der Waals surface area contributed by atoms with Gasteiger partial charge in [-0.25, -0.2) is 4.68 Å². The lowest BCUT2D eigenvalue weighted by Gasteiger charge is -2.13. The zero-order valence-electron chi connectivity index (χ0n) is 14.6. The number of halogens is 4. The third kappa shape index (κ3) is 3.66. The molecule has 0 unspecified atom stereocenters. The molecule has 0 radical (unpaired) electrons. The largest absolute Gasteiger partial charge is 0.434 e. The summed E-state index contributed by atoms with van der Waals surface area (Å²) in [5, 5.41) is 7.42. The molecule has 0 aliphatic rings. The Hall–Kier alpha value is -3.39. The van der Waals surface area contributed by atoms with Crippen LogP contribution in [0.3, 0.4) is 0 Å². The fourth-order valence-corrected chi connectivity index (χ4v) is 3.09. The van der Waals surface area contributed by atoms with E-state index in [0.717, 1.165) is 11.6 Å². The van der Waals surface area contributed by atoms with Crippen molar-refractivity contribution in [2.24, 2.45) is 0 Å². The summed E-state index contributed by atoms with van der Waals surface area (Å²) >= 11 is 5.80. The number of amides is 1. The van der Waals surface area contributed by atoms with Crippen molar-refractivity contribution in [3.05, 3.63) is 83.3 Å². The maximum atomic E-state index is 13.8. The van der Waals surface area contributed by atoms with Crippen molar-refractivity contribution in [2.75, 3.05) is 5.32 Å². The van der Waals surface area contributed by atoms with Gasteiger partial charge in [-0.2, -0.15) is 18.3 Å². The second-order valence-corrected chi connectivity index (χ2v) is 6.56. The van der Waals surface area contributed by atoms with E-state index >= 15 is 0 Å². The average Bonchev–Trinajstić information content (AvgIpc) is 3.15. The number of nitrogens with zero attached hydrogens (tertiary/aromatic N) is 3. The number of carbonyl (C=O) groups excluding carboxylic acids is 1. The van der Waals surface area contributed by atoms with E-state index in [1.54, 1.807) is 30.3 Å². The van der Waals surface area contributed by atoms with Crippen LogP contribution in [0.15, 0.2) is 67.0 Å². The number of anilines is 1. The van der Waals surface area contributed by atoms with Crippen molar-refractivity contribution < 1.29 is 18.0 Å². The third-order valence-corrected chi connectivity index (χ3v) is 4.49. The topological polar surface area (TPSA) is 59.8 Å². The Bertz CT molecular complexity index is 1200. The van der Waals surface area contributed by atoms with Crippen molar-refractivity contribution in [3.8, 4) is 5.69 Å². The van der Waals surface area contributed by atoms with Gasteiger partial charge in [0.25, 0.3) is 5.91 Å². The number of carbonyl (C=O) groups is 1. The lowest BCUT2D eigenvalue weighted by molar-refractivity contribution is -0.143. The second-order valence-electron chi connectivity index (χ2n) is 6.13. The van der Waals surface area contributed by atoms with Gasteiger partial charge in [0.15, 0.2) is 5.69 Å². The van der Waals surface area contributed by atoms with Crippen LogP contribution in [-0.4, -0.2) is 20.7 Å². The van der Waals surface area contributed by atoms with Crippen molar-refractivity contribution in [3.63, 3.8) is 0 Å². The van der Waals surface area contributed by atoms with Crippen LogP contribution >= 0.6 is 11.6 Å². The van der Waals surface area contributed by atoms with Crippen molar-refractivity contribution >= 4 is 34.1 Å². The zero-order valence-corrected chi connectivity index (χ0v) is 15.4. The third-order valence-electron chi connectivity index (χ3n) is 4.23. The highest BCUT2D eigenvalue weighted by Crippen LogP contribution is 2.34. The van der Waals surface area contributed by atoms with Crippen LogP contribution in [0.2, 0.25) is 5.02 Å². The predicted molar refractivity (Wildman–Crippen MR) is 103 cm³/mol. The summed E-state index contributed by atoms with van der Waals surface area (Å²) in [5.41, 5.74) is -0.860. The highest BCUT2D eigenvalue weighted by molar-refractivity contribution is 6.30. The lowest BCUT2D eigenvalue weighted by Crippen LogP contribution is -2.20. The molecule has 0 spiro atoms. The van der Waals surface area contributed by atoms with E-state index in [1.165, 1.54) is 30.5 Å². The number of rotatable bonds is 3. The standard InChI is InChI=1S/C20H12ClF3N4O/c21-13-6-8-14(9-7-13)28-18(20(22,23)24)15(11-26-28)19(29)27-16-5-1-3-12-4-2-10-25-17(12)16/h1-11H,(H,27,29). The second kappa shape index (κ2) is 7.21. The molecule has 2 aromatic carbocycles. The molecule has 5 nitrogen and oxygen atoms in total. The number of benzene rings is 2. The number of hydrogen-bond donors (Lipinski definition) is 1. The Morgan fingerprint density at radius 1 is 1.03 bits per heavy atom. The summed E-state index contributed by atoms with van der Waals surface area (Å²) in [7, 11) is 0. The van der Waals surface area contributed by atoms with Crippen molar-refractivity contribution in [2.45, 2.75) is 6.18 Å². The molecular weight excluding hydrogens is 405 g/mol. The molecule has 146 valence electrons. The average molecular weight is 417 g/mol. The summed E-state index contributed by atoms with van der Waals surface area (Å²) < 4.78 is 42.0. The number of alkyl halides is 3. The molecule has 0 fully saturated rings. The van der Waals surface area contributed by atoms with Crippen LogP contribution in [0.25, 0.3) is 16.6 Å². The molecule has 2 heterocycles. The van der Waals surface area contributed by atoms with Crippen molar-refractivity contribution in [1.82, 2.24) is 14.8 Å². The number of fused-ring (bicyclic) bond motifs is 1. The smallest absolute Gasteiger partial charge is 0.320 e. The minimum Gasteiger partial charge on any atom is -0.320 e. The predicted octanol–water partition coefficient (Wildman–Crippen LogP) is 5.35. The van der Waals surface area contributed by atoms with E-state index in [1.807, 2.05) is 0 Å². The monoisotopic (exact) mass is 416 g/mol. The fraction of sp³-hybridized carbons (Fsp3) is 0.0500. The maximum Gasteiger partial charge on any atom is 0.434 e. The van der Waals surface area contributed by atoms with Gasteiger partial charge in [0, 0.05) is 16.6 Å². The molecule has 0 bridgehead atoms. The zero-order chi connectivity index (χ0) is 20.6. The number of hydrogen-bond acceptors (Lipinski definition) is 3. The van der Waals surface area contributed by atoms with E-state index in [0.29, 0.717) is 20.9 Å². The normalized spacial score (nSPS) is 11.6. The van der Waals surface area contributed by atoms with Gasteiger partial charge < -0.3 is 5.32 Å². The van der Waals surface area contributed by atoms with Gasteiger partial charge in [-0.05, 0) is 36.4 Å². The van der Waals surface area contributed by atoms with Gasteiger partial charge in [-0.3, -0.25) is 9.78 Å². The maximum absolute atomic E-state index is 13.8. The quantitative estimate of drug-likeness (QED) is 0.490. The molecule has 0 saturated carbocycles. The molecule has 0 saturated heterocycles. The Morgan fingerprint density at radius 2 is 1.76 bits per heavy atom. The molecule has 2 aromatic heterocycles. The first-order valence-corrected chi connectivity index (χ1v) is 8.78. The molecule has 29 heavy (non-hydrogen) atoms. The van der Waals surface area contributed by atoms with E-state index in [4.69, 9.17) is 11.6 Å². The van der Waals surface area contributed by atoms with Crippen LogP contribution in [-0.2, 0) is 6.18 Å². The summed E-state index contributed by atoms with van der Waals surface area (Å²) in [6.07, 6.45) is -2.37. The van der Waals surface area contributed by atoms with Crippen LogP contribution in [0.5, 0.6) is 0 Å². The molecule has 1 amide bonds. The molecule has 4 aromatic rings. The van der Waals surface area contributed by atoms with Gasteiger partial charge in [0.1, 0.15) is 0 Å². The van der Waals surface area contributed by atoms with Crippen LogP contribution in [0.1, 0.15) is 16.1 Å². The molecule has 9 heteroatoms. The Balaban J connectivity index is 1.76. The van der Waals surface area contributed by atoms with Crippen LogP contribution in [0.4, 0.5) is 18.9 Å². The van der Waals surface area contributed by atoms with Gasteiger partial charge in [0.05, 0.1) is 28.7 Å². The summed E-state index contributed by atoms with van der Waals surface area (Å²) in [6.45, 7) is 0. The number of para-hydroxylation sites is 1. The van der Waals surface area contributed by atoms with Gasteiger partial charge in [-0.1, -0.05) is 29.8 Å². The van der Waals surface area contributed by atoms with Gasteiger partial charge >= 0.3 is 6.18 Å². The van der Waals surface area contributed by atoms with Crippen molar-refractivity contribution in [1.29, 1.82) is 0 Å². The molecule has 4 rings (SSSR count). The first kappa shape index (κ1) is 18.9. The molecule has 0 aliphatic carbocycles. The van der Waals surface area contributed by atoms with Gasteiger partial charge in [0.2, 0.25) is 0 Å². The SMILES string of the molecule is O=C(Nc1cccc2cccnc12)c1cnn(-c2ccc(Cl)cc2)c1C(F)(F)F. The lowest BCUT2D eigenvalue weighted by atomic mass is 10.1. The van der Waals surface area contributed by atoms with E-state index < -0.39 is 23.3 Å². The number of pyridine rings is 1. The molecule has 0 aliphatic heterocycles. The summed E-state index contributed by atoms with van der Waals surface area (Å²) in [4.78, 5) is 16.9. The summed E-state index contributed by atoms with van der Waals surface area (Å²) in [6, 6.07) is 14.2. The highest BCUT2D eigenvalue weighted by Gasteiger charge is 2.40. The number of aromatic nitrogens is 3. The summed E-state index contributed by atoms with van der Waals surface area (Å²) in [5.74, 6) is -0.935. The Morgan fingerprint density at radius 3 is 2.48 bits per heavy atom. The Labute approximate surface area is 167 Å². The first-order valence-electron chi connectivity index (χ1n) is 8.41. The molecule has 1 N–H and O–H groups in total. The molecule has 0 atom stereocenters. The molecular formula is C20H12ClF3N4O.